The Bertz CT molecular complexity index is 863. The van der Waals surface area contributed by atoms with E-state index in [0.717, 1.165) is 25.9 Å². The molecule has 1 aromatic carbocycles. The Morgan fingerprint density at radius 1 is 1.25 bits per heavy atom. The van der Waals surface area contributed by atoms with Crippen LogP contribution in [0.4, 0.5) is 4.39 Å². The lowest BCUT2D eigenvalue weighted by molar-refractivity contribution is 0.0585. The minimum absolute atomic E-state index is 0.100. The first-order valence-electron chi connectivity index (χ1n) is 8.34. The van der Waals surface area contributed by atoms with Crippen molar-refractivity contribution < 1.29 is 9.18 Å². The second-order valence-corrected chi connectivity index (χ2v) is 6.97. The lowest BCUT2D eigenvalue weighted by Gasteiger charge is -2.36. The normalized spacial score (nSPS) is 24.3. The van der Waals surface area contributed by atoms with Gasteiger partial charge in [-0.2, -0.15) is 0 Å². The third-order valence-corrected chi connectivity index (χ3v) is 5.25. The second kappa shape index (κ2) is 5.70. The number of fused-ring (bicyclic) bond motifs is 5. The van der Waals surface area contributed by atoms with Gasteiger partial charge in [-0.05, 0) is 37.9 Å². The van der Waals surface area contributed by atoms with Crippen LogP contribution in [0.3, 0.4) is 0 Å². The zero-order chi connectivity index (χ0) is 16.8. The highest BCUT2D eigenvalue weighted by Crippen LogP contribution is 2.28. The van der Waals surface area contributed by atoms with Gasteiger partial charge in [0.25, 0.3) is 5.91 Å². The molecule has 0 unspecified atom stereocenters. The molecule has 0 spiro atoms. The van der Waals surface area contributed by atoms with Gasteiger partial charge in [0, 0.05) is 37.3 Å². The molecule has 2 bridgehead atoms. The van der Waals surface area contributed by atoms with Gasteiger partial charge in [-0.15, -0.1) is 0 Å². The van der Waals surface area contributed by atoms with E-state index in [2.05, 4.69) is 16.9 Å². The van der Waals surface area contributed by atoms with Crippen LogP contribution in [0.15, 0.2) is 29.2 Å². The van der Waals surface area contributed by atoms with Crippen LogP contribution in [-0.4, -0.2) is 53.4 Å². The van der Waals surface area contributed by atoms with Crippen molar-refractivity contribution in [3.05, 3.63) is 46.0 Å². The lowest BCUT2D eigenvalue weighted by atomic mass is 9.94. The van der Waals surface area contributed by atoms with Crippen molar-refractivity contribution in [1.29, 1.82) is 0 Å². The SMILES string of the molecule is CN1C[C@H]2CC[C@@H](C1)N(C(=O)c1c[nH]c3c(F)cccc3c1=O)C2. The van der Waals surface area contributed by atoms with Crippen LogP contribution in [0.25, 0.3) is 10.9 Å². The van der Waals surface area contributed by atoms with Gasteiger partial charge >= 0.3 is 0 Å². The number of nitrogens with zero attached hydrogens (tertiary/aromatic N) is 2. The number of hydrogen-bond acceptors (Lipinski definition) is 3. The molecule has 3 fully saturated rings. The van der Waals surface area contributed by atoms with E-state index in [-0.39, 0.29) is 28.4 Å². The second-order valence-electron chi connectivity index (χ2n) is 6.97. The topological polar surface area (TPSA) is 56.4 Å². The van der Waals surface area contributed by atoms with Gasteiger partial charge in [0.15, 0.2) is 0 Å². The highest BCUT2D eigenvalue weighted by Gasteiger charge is 2.37. The average Bonchev–Trinajstić information content (AvgIpc) is 2.84. The van der Waals surface area contributed by atoms with Crippen molar-refractivity contribution in [3.8, 4) is 0 Å². The van der Waals surface area contributed by atoms with E-state index in [0.29, 0.717) is 12.5 Å². The van der Waals surface area contributed by atoms with E-state index in [9.17, 15) is 14.0 Å². The molecule has 6 heteroatoms. The number of carbonyl (C=O) groups excluding carboxylic acids is 1. The lowest BCUT2D eigenvalue weighted by Crippen LogP contribution is -2.48. The fraction of sp³-hybridized carbons (Fsp3) is 0.444. The van der Waals surface area contributed by atoms with Crippen LogP contribution < -0.4 is 5.43 Å². The molecule has 5 nitrogen and oxygen atoms in total. The Labute approximate surface area is 139 Å². The summed E-state index contributed by atoms with van der Waals surface area (Å²) >= 11 is 0. The number of nitrogens with one attached hydrogen (secondary N) is 1. The van der Waals surface area contributed by atoms with E-state index in [1.54, 1.807) is 6.07 Å². The Balaban J connectivity index is 1.74. The molecule has 126 valence electrons. The van der Waals surface area contributed by atoms with Gasteiger partial charge in [-0.3, -0.25) is 9.59 Å². The molecular formula is C18H20FN3O2. The third kappa shape index (κ3) is 2.41. The van der Waals surface area contributed by atoms with E-state index in [1.807, 2.05) is 4.90 Å². The van der Waals surface area contributed by atoms with Gasteiger partial charge in [-0.1, -0.05) is 6.07 Å². The molecule has 0 radical (unpaired) electrons. The number of pyridine rings is 1. The number of amides is 1. The van der Waals surface area contributed by atoms with Gasteiger partial charge < -0.3 is 14.8 Å². The fourth-order valence-electron chi connectivity index (χ4n) is 4.09. The summed E-state index contributed by atoms with van der Waals surface area (Å²) in [7, 11) is 2.07. The Morgan fingerprint density at radius 3 is 2.92 bits per heavy atom. The smallest absolute Gasteiger partial charge is 0.259 e. The molecule has 3 aliphatic heterocycles. The first-order valence-corrected chi connectivity index (χ1v) is 8.34. The van der Waals surface area contributed by atoms with E-state index >= 15 is 0 Å². The fourth-order valence-corrected chi connectivity index (χ4v) is 4.09. The van der Waals surface area contributed by atoms with E-state index in [1.165, 1.54) is 18.3 Å². The molecule has 3 aliphatic rings. The molecule has 4 heterocycles. The standard InChI is InChI=1S/C18H20FN3O2/c1-21-8-11-5-6-12(10-21)22(9-11)18(24)14-7-20-16-13(17(14)23)3-2-4-15(16)19/h2-4,7,11-12H,5-6,8-10H2,1H3,(H,20,23)/t11-,12+/m1/s1. The summed E-state index contributed by atoms with van der Waals surface area (Å²) in [6, 6.07) is 4.48. The highest BCUT2D eigenvalue weighted by atomic mass is 19.1. The highest BCUT2D eigenvalue weighted by molar-refractivity contribution is 5.97. The third-order valence-electron chi connectivity index (χ3n) is 5.25. The number of likely N-dealkylation sites (N-methyl/N-ethyl adjacent to an activating group) is 1. The molecule has 0 aliphatic carbocycles. The number of hydrogen-bond donors (Lipinski definition) is 1. The van der Waals surface area contributed by atoms with Gasteiger partial charge in [-0.25, -0.2) is 4.39 Å². The maximum absolute atomic E-state index is 13.8. The maximum atomic E-state index is 13.8. The number of aromatic nitrogens is 1. The Morgan fingerprint density at radius 2 is 2.08 bits per heavy atom. The van der Waals surface area contributed by atoms with Crippen molar-refractivity contribution in [3.63, 3.8) is 0 Å². The number of para-hydroxylation sites is 1. The number of rotatable bonds is 1. The minimum Gasteiger partial charge on any atom is -0.358 e. The predicted octanol–water partition coefficient (Wildman–Crippen LogP) is 1.83. The summed E-state index contributed by atoms with van der Waals surface area (Å²) < 4.78 is 13.8. The molecular weight excluding hydrogens is 309 g/mol. The molecule has 1 aromatic heterocycles. The van der Waals surface area contributed by atoms with Crippen LogP contribution in [0.2, 0.25) is 0 Å². The van der Waals surface area contributed by atoms with Crippen LogP contribution in [0.1, 0.15) is 23.2 Å². The number of carbonyl (C=O) groups is 1. The van der Waals surface area contributed by atoms with Crippen LogP contribution in [0.5, 0.6) is 0 Å². The van der Waals surface area contributed by atoms with Crippen molar-refractivity contribution in [2.45, 2.75) is 18.9 Å². The minimum atomic E-state index is -0.487. The molecule has 1 amide bonds. The zero-order valence-corrected chi connectivity index (χ0v) is 13.6. The van der Waals surface area contributed by atoms with Crippen LogP contribution >= 0.6 is 0 Å². The molecule has 2 aromatic rings. The quantitative estimate of drug-likeness (QED) is 0.868. The summed E-state index contributed by atoms with van der Waals surface area (Å²) in [6.45, 7) is 2.51. The summed E-state index contributed by atoms with van der Waals surface area (Å²) in [5.74, 6) is -0.277. The van der Waals surface area contributed by atoms with Gasteiger partial charge in [0.1, 0.15) is 11.4 Å². The first-order chi connectivity index (χ1) is 11.5. The monoisotopic (exact) mass is 329 g/mol. The number of halogens is 1. The van der Waals surface area contributed by atoms with E-state index < -0.39 is 11.2 Å². The van der Waals surface area contributed by atoms with Gasteiger partial charge in [0.2, 0.25) is 5.43 Å². The molecule has 1 N–H and O–H groups in total. The maximum Gasteiger partial charge on any atom is 0.259 e. The zero-order valence-electron chi connectivity index (χ0n) is 13.6. The summed E-state index contributed by atoms with van der Waals surface area (Å²) in [4.78, 5) is 32.6. The molecule has 5 rings (SSSR count). The number of benzene rings is 1. The van der Waals surface area contributed by atoms with Crippen molar-refractivity contribution in [2.24, 2.45) is 5.92 Å². The molecule has 3 saturated heterocycles. The largest absolute Gasteiger partial charge is 0.358 e. The first kappa shape index (κ1) is 15.3. The molecule has 2 atom stereocenters. The Kier molecular flexibility index (Phi) is 3.64. The Hall–Kier alpha value is -2.21. The summed E-state index contributed by atoms with van der Waals surface area (Å²) in [6.07, 6.45) is 3.46. The molecule has 0 saturated carbocycles. The summed E-state index contributed by atoms with van der Waals surface area (Å²) in [5.41, 5.74) is -0.152. The summed E-state index contributed by atoms with van der Waals surface area (Å²) in [5, 5.41) is 0.220. The molecule has 24 heavy (non-hydrogen) atoms. The predicted molar refractivity (Wildman–Crippen MR) is 89.6 cm³/mol. The van der Waals surface area contributed by atoms with Crippen molar-refractivity contribution in [1.82, 2.24) is 14.8 Å². The number of H-pyrrole nitrogens is 1. The number of aromatic amines is 1. The van der Waals surface area contributed by atoms with Crippen LogP contribution in [0, 0.1) is 11.7 Å². The van der Waals surface area contributed by atoms with Crippen molar-refractivity contribution in [2.75, 3.05) is 26.7 Å². The van der Waals surface area contributed by atoms with Crippen molar-refractivity contribution >= 4 is 16.8 Å². The van der Waals surface area contributed by atoms with Gasteiger partial charge in [0.05, 0.1) is 5.52 Å². The average molecular weight is 329 g/mol. The van der Waals surface area contributed by atoms with Crippen LogP contribution in [-0.2, 0) is 0 Å². The number of piperidine rings is 1. The van der Waals surface area contributed by atoms with E-state index in [4.69, 9.17) is 0 Å².